The quantitative estimate of drug-likeness (QED) is 0.328. The number of H-pyrrole nitrogens is 1. The first-order valence-corrected chi connectivity index (χ1v) is 10.1. The molecule has 1 aromatic heterocycles. The van der Waals surface area contributed by atoms with Crippen molar-refractivity contribution in [3.8, 4) is 5.75 Å². The Balaban J connectivity index is 1.73. The minimum absolute atomic E-state index is 0.483. The number of aryl methyl sites for hydroxylation is 1. The van der Waals surface area contributed by atoms with Gasteiger partial charge in [-0.05, 0) is 41.0 Å². The lowest BCUT2D eigenvalue weighted by Crippen LogP contribution is -2.02. The van der Waals surface area contributed by atoms with E-state index in [4.69, 9.17) is 17.0 Å². The molecule has 0 radical (unpaired) electrons. The van der Waals surface area contributed by atoms with Gasteiger partial charge < -0.3 is 4.74 Å². The second-order valence-electron chi connectivity index (χ2n) is 6.72. The highest BCUT2D eigenvalue weighted by atomic mass is 32.1. The maximum atomic E-state index is 6.16. The molecule has 0 atom stereocenters. The first-order chi connectivity index (χ1) is 14.3. The second kappa shape index (κ2) is 8.84. The normalized spacial score (nSPS) is 11.3. The van der Waals surface area contributed by atoms with Gasteiger partial charge in [-0.2, -0.15) is 14.9 Å². The van der Waals surface area contributed by atoms with Crippen molar-refractivity contribution < 1.29 is 4.74 Å². The fourth-order valence-corrected chi connectivity index (χ4v) is 3.41. The van der Waals surface area contributed by atoms with Crippen molar-refractivity contribution in [1.82, 2.24) is 14.9 Å². The van der Waals surface area contributed by atoms with Crippen LogP contribution in [0, 0.1) is 4.77 Å². The van der Waals surface area contributed by atoms with Crippen LogP contribution in [0.15, 0.2) is 71.8 Å². The Labute approximate surface area is 174 Å². The molecule has 0 aliphatic heterocycles. The van der Waals surface area contributed by atoms with E-state index in [0.717, 1.165) is 46.3 Å². The van der Waals surface area contributed by atoms with E-state index in [-0.39, 0.29) is 0 Å². The Morgan fingerprint density at radius 2 is 1.86 bits per heavy atom. The molecule has 6 heteroatoms. The summed E-state index contributed by atoms with van der Waals surface area (Å²) >= 11 is 5.35. The molecule has 5 nitrogen and oxygen atoms in total. The number of benzene rings is 3. The number of nitrogens with one attached hydrogen (secondary N) is 1. The minimum atomic E-state index is 0.483. The van der Waals surface area contributed by atoms with Crippen LogP contribution in [-0.2, 0) is 13.0 Å². The highest BCUT2D eigenvalue weighted by Crippen LogP contribution is 2.27. The highest BCUT2D eigenvalue weighted by Gasteiger charge is 2.09. The zero-order chi connectivity index (χ0) is 20.1. The van der Waals surface area contributed by atoms with Crippen molar-refractivity contribution in [2.75, 3.05) is 0 Å². The average molecular weight is 403 g/mol. The van der Waals surface area contributed by atoms with Crippen LogP contribution in [0.1, 0.15) is 30.3 Å². The van der Waals surface area contributed by atoms with Crippen LogP contribution in [0.4, 0.5) is 0 Å². The Kier molecular flexibility index (Phi) is 5.81. The predicted octanol–water partition coefficient (Wildman–Crippen LogP) is 5.51. The van der Waals surface area contributed by atoms with Crippen LogP contribution < -0.4 is 4.74 Å². The largest absolute Gasteiger partial charge is 0.488 e. The van der Waals surface area contributed by atoms with E-state index in [1.54, 1.807) is 4.68 Å². The summed E-state index contributed by atoms with van der Waals surface area (Å²) < 4.78 is 8.32. The molecule has 0 amide bonds. The van der Waals surface area contributed by atoms with Crippen molar-refractivity contribution in [1.29, 1.82) is 0 Å². The van der Waals surface area contributed by atoms with E-state index >= 15 is 0 Å². The van der Waals surface area contributed by atoms with Crippen LogP contribution in [0.25, 0.3) is 10.8 Å². The van der Waals surface area contributed by atoms with Gasteiger partial charge in [0, 0.05) is 12.0 Å². The van der Waals surface area contributed by atoms with Crippen LogP contribution in [0.5, 0.6) is 5.75 Å². The predicted molar refractivity (Wildman–Crippen MR) is 119 cm³/mol. The Morgan fingerprint density at radius 3 is 2.69 bits per heavy atom. The SMILES string of the molecule is CCCc1n[nH]c(=S)n1/N=C/c1c(OCc2ccccc2)ccc2ccccc12. The van der Waals surface area contributed by atoms with Crippen LogP contribution >= 0.6 is 12.2 Å². The molecule has 0 spiro atoms. The zero-order valence-corrected chi connectivity index (χ0v) is 17.0. The number of aromatic nitrogens is 3. The molecule has 1 N–H and O–H groups in total. The second-order valence-corrected chi connectivity index (χ2v) is 7.11. The third kappa shape index (κ3) is 4.27. The van der Waals surface area contributed by atoms with E-state index in [0.29, 0.717) is 11.4 Å². The van der Waals surface area contributed by atoms with Crippen molar-refractivity contribution >= 4 is 29.2 Å². The average Bonchev–Trinajstić information content (AvgIpc) is 3.11. The van der Waals surface area contributed by atoms with Crippen molar-refractivity contribution in [3.05, 3.63) is 88.5 Å². The van der Waals surface area contributed by atoms with Gasteiger partial charge in [-0.25, -0.2) is 0 Å². The number of ether oxygens (including phenoxy) is 1. The molecule has 0 bridgehead atoms. The van der Waals surface area contributed by atoms with E-state index in [1.807, 2.05) is 42.6 Å². The summed E-state index contributed by atoms with van der Waals surface area (Å²) in [5.74, 6) is 1.60. The Hall–Kier alpha value is -3.25. The van der Waals surface area contributed by atoms with E-state index in [2.05, 4.69) is 52.6 Å². The van der Waals surface area contributed by atoms with Gasteiger partial charge in [0.1, 0.15) is 12.4 Å². The Morgan fingerprint density at radius 1 is 1.07 bits per heavy atom. The third-order valence-electron chi connectivity index (χ3n) is 4.66. The van der Waals surface area contributed by atoms with Gasteiger partial charge >= 0.3 is 0 Å². The summed E-state index contributed by atoms with van der Waals surface area (Å²) in [6, 6.07) is 22.4. The molecule has 0 fully saturated rings. The number of fused-ring (bicyclic) bond motifs is 1. The summed E-state index contributed by atoms with van der Waals surface area (Å²) in [5, 5.41) is 13.9. The van der Waals surface area contributed by atoms with E-state index < -0.39 is 0 Å². The fourth-order valence-electron chi connectivity index (χ4n) is 3.21. The summed E-state index contributed by atoms with van der Waals surface area (Å²) in [6.07, 6.45) is 3.58. The molecule has 4 rings (SSSR count). The van der Waals surface area contributed by atoms with Gasteiger partial charge in [-0.1, -0.05) is 67.6 Å². The van der Waals surface area contributed by atoms with Crippen LogP contribution in [-0.4, -0.2) is 21.1 Å². The lowest BCUT2D eigenvalue weighted by Gasteiger charge is -2.12. The van der Waals surface area contributed by atoms with Crippen molar-refractivity contribution in [2.24, 2.45) is 5.10 Å². The standard InChI is InChI=1S/C23H22N4OS/c1-2-8-22-25-26-23(29)27(22)24-15-20-19-12-7-6-11-18(19)13-14-21(20)28-16-17-9-4-3-5-10-17/h3-7,9-15H,2,8,16H2,1H3,(H,26,29)/b24-15+. The lowest BCUT2D eigenvalue weighted by molar-refractivity contribution is 0.306. The van der Waals surface area contributed by atoms with Gasteiger partial charge in [-0.15, -0.1) is 0 Å². The van der Waals surface area contributed by atoms with Gasteiger partial charge in [0.05, 0.1) is 6.21 Å². The molecule has 29 heavy (non-hydrogen) atoms. The molecule has 0 saturated heterocycles. The summed E-state index contributed by atoms with van der Waals surface area (Å²) in [7, 11) is 0. The number of nitrogens with zero attached hydrogens (tertiary/aromatic N) is 3. The van der Waals surface area contributed by atoms with Crippen LogP contribution in [0.3, 0.4) is 0 Å². The van der Waals surface area contributed by atoms with Gasteiger partial charge in [0.25, 0.3) is 0 Å². The molecule has 0 unspecified atom stereocenters. The number of rotatable bonds is 7. The van der Waals surface area contributed by atoms with Gasteiger partial charge in [-0.3, -0.25) is 5.10 Å². The summed E-state index contributed by atoms with van der Waals surface area (Å²) in [5.41, 5.74) is 2.04. The molecule has 1 heterocycles. The molecular formula is C23H22N4OS. The Bertz CT molecular complexity index is 1190. The molecule has 0 aliphatic carbocycles. The highest BCUT2D eigenvalue weighted by molar-refractivity contribution is 7.71. The fraction of sp³-hybridized carbons (Fsp3) is 0.174. The van der Waals surface area contributed by atoms with Gasteiger partial charge in [0.2, 0.25) is 4.77 Å². The lowest BCUT2D eigenvalue weighted by atomic mass is 10.0. The molecular weight excluding hydrogens is 380 g/mol. The molecule has 0 aliphatic rings. The van der Waals surface area contributed by atoms with E-state index in [1.165, 1.54) is 0 Å². The molecule has 3 aromatic carbocycles. The molecule has 4 aromatic rings. The van der Waals surface area contributed by atoms with Gasteiger partial charge in [0.15, 0.2) is 5.82 Å². The monoisotopic (exact) mass is 402 g/mol. The molecule has 146 valence electrons. The third-order valence-corrected chi connectivity index (χ3v) is 4.93. The maximum Gasteiger partial charge on any atom is 0.216 e. The first-order valence-electron chi connectivity index (χ1n) is 9.65. The topological polar surface area (TPSA) is 55.2 Å². The van der Waals surface area contributed by atoms with E-state index in [9.17, 15) is 0 Å². The summed E-state index contributed by atoms with van der Waals surface area (Å²) in [4.78, 5) is 0. The zero-order valence-electron chi connectivity index (χ0n) is 16.2. The summed E-state index contributed by atoms with van der Waals surface area (Å²) in [6.45, 7) is 2.60. The first kappa shape index (κ1) is 19.1. The molecule has 0 saturated carbocycles. The van der Waals surface area contributed by atoms with Crippen LogP contribution in [0.2, 0.25) is 0 Å². The van der Waals surface area contributed by atoms with Crippen molar-refractivity contribution in [2.45, 2.75) is 26.4 Å². The number of hydrogen-bond donors (Lipinski definition) is 1. The van der Waals surface area contributed by atoms with Crippen molar-refractivity contribution in [3.63, 3.8) is 0 Å². The number of hydrogen-bond acceptors (Lipinski definition) is 4. The smallest absolute Gasteiger partial charge is 0.216 e. The maximum absolute atomic E-state index is 6.16. The number of aromatic amines is 1. The minimum Gasteiger partial charge on any atom is -0.488 e.